The third kappa shape index (κ3) is 3.26. The van der Waals surface area contributed by atoms with Gasteiger partial charge in [-0.2, -0.15) is 0 Å². The molecule has 2 amide bonds. The molecule has 0 bridgehead atoms. The number of amides is 2. The van der Waals surface area contributed by atoms with Crippen LogP contribution < -0.4 is 4.90 Å². The number of anilines is 1. The van der Waals surface area contributed by atoms with Gasteiger partial charge < -0.3 is 9.64 Å². The lowest BCUT2D eigenvalue weighted by atomic mass is 10.3. The number of hydrogen-bond donors (Lipinski definition) is 0. The predicted octanol–water partition coefficient (Wildman–Crippen LogP) is 1.86. The normalized spacial score (nSPS) is 18.4. The minimum absolute atomic E-state index is 0.0977. The van der Waals surface area contributed by atoms with Crippen LogP contribution in [-0.2, 0) is 4.74 Å². The highest BCUT2D eigenvalue weighted by atomic mass is 32.1. The Hall–Kier alpha value is -1.65. The van der Waals surface area contributed by atoms with Gasteiger partial charge in [0.25, 0.3) is 0 Å². The maximum atomic E-state index is 12.1. The summed E-state index contributed by atoms with van der Waals surface area (Å²) in [6.07, 6.45) is 1.37. The summed E-state index contributed by atoms with van der Waals surface area (Å²) in [5.74, 6) is 5.85. The average Bonchev–Trinajstić information content (AvgIpc) is 2.95. The van der Waals surface area contributed by atoms with Crippen LogP contribution in [0.3, 0.4) is 0 Å². The van der Waals surface area contributed by atoms with Crippen LogP contribution in [0.25, 0.3) is 0 Å². The minimum atomic E-state index is -0.297. The summed E-state index contributed by atoms with van der Waals surface area (Å²) in [6.45, 7) is 4.81. The van der Waals surface area contributed by atoms with Crippen LogP contribution >= 0.6 is 11.3 Å². The van der Waals surface area contributed by atoms with Gasteiger partial charge in [-0.15, -0.1) is 22.0 Å². The molecule has 0 spiro atoms. The Morgan fingerprint density at radius 2 is 2.30 bits per heavy atom. The standard InChI is InChI=1S/C13H18N4O2S/c1-4-5-6-7-8-19-11-9-16(3)13(18)17(11)12-15-14-10(2)20-12/h11H,6-9H2,1-3H3. The van der Waals surface area contributed by atoms with Gasteiger partial charge in [0.05, 0.1) is 13.2 Å². The van der Waals surface area contributed by atoms with E-state index in [9.17, 15) is 4.79 Å². The molecule has 0 saturated carbocycles. The van der Waals surface area contributed by atoms with E-state index >= 15 is 0 Å². The van der Waals surface area contributed by atoms with Gasteiger partial charge >= 0.3 is 6.03 Å². The van der Waals surface area contributed by atoms with Crippen molar-refractivity contribution in [3.63, 3.8) is 0 Å². The Kier molecular flexibility index (Phi) is 4.93. The van der Waals surface area contributed by atoms with E-state index in [1.807, 2.05) is 13.8 Å². The van der Waals surface area contributed by atoms with Crippen molar-refractivity contribution in [1.29, 1.82) is 0 Å². The Labute approximate surface area is 122 Å². The van der Waals surface area contributed by atoms with E-state index in [1.165, 1.54) is 11.3 Å². The number of unbranched alkanes of at least 4 members (excludes halogenated alkanes) is 1. The zero-order valence-corrected chi connectivity index (χ0v) is 12.7. The Morgan fingerprint density at radius 3 is 2.95 bits per heavy atom. The van der Waals surface area contributed by atoms with Crippen molar-refractivity contribution in [2.24, 2.45) is 0 Å². The van der Waals surface area contributed by atoms with Gasteiger partial charge in [-0.25, -0.2) is 9.69 Å². The molecule has 1 aromatic heterocycles. The number of carbonyl (C=O) groups excluding carboxylic acids is 1. The molecule has 6 nitrogen and oxygen atoms in total. The molecule has 1 aliphatic rings. The Balaban J connectivity index is 1.98. The molecule has 2 heterocycles. The lowest BCUT2D eigenvalue weighted by molar-refractivity contribution is 0.0612. The molecule has 1 unspecified atom stereocenters. The molecule has 0 aromatic carbocycles. The highest BCUT2D eigenvalue weighted by molar-refractivity contribution is 7.15. The third-order valence-corrected chi connectivity index (χ3v) is 3.74. The number of nitrogens with zero attached hydrogens (tertiary/aromatic N) is 4. The Bertz CT molecular complexity index is 534. The number of ether oxygens (including phenoxy) is 1. The lowest BCUT2D eigenvalue weighted by Crippen LogP contribution is -2.36. The first kappa shape index (κ1) is 14.8. The number of hydrogen-bond acceptors (Lipinski definition) is 5. The van der Waals surface area contributed by atoms with Crippen molar-refractivity contribution in [3.05, 3.63) is 5.01 Å². The second-order valence-electron chi connectivity index (χ2n) is 4.49. The third-order valence-electron chi connectivity index (χ3n) is 2.91. The highest BCUT2D eigenvalue weighted by Crippen LogP contribution is 2.27. The van der Waals surface area contributed by atoms with E-state index in [0.717, 1.165) is 17.8 Å². The van der Waals surface area contributed by atoms with Gasteiger partial charge in [0.2, 0.25) is 5.13 Å². The van der Waals surface area contributed by atoms with Gasteiger partial charge in [-0.1, -0.05) is 11.3 Å². The fourth-order valence-corrected chi connectivity index (χ4v) is 2.64. The molecule has 7 heteroatoms. The second-order valence-corrected chi connectivity index (χ2v) is 5.65. The van der Waals surface area contributed by atoms with E-state index in [4.69, 9.17) is 4.74 Å². The molecule has 0 N–H and O–H groups in total. The van der Waals surface area contributed by atoms with Crippen LogP contribution in [0.4, 0.5) is 9.93 Å². The Morgan fingerprint density at radius 1 is 1.50 bits per heavy atom. The zero-order valence-electron chi connectivity index (χ0n) is 11.9. The van der Waals surface area contributed by atoms with E-state index in [1.54, 1.807) is 16.8 Å². The van der Waals surface area contributed by atoms with Crippen molar-refractivity contribution < 1.29 is 9.53 Å². The fraction of sp³-hybridized carbons (Fsp3) is 0.615. The molecule has 1 fully saturated rings. The first-order valence-electron chi connectivity index (χ1n) is 6.49. The average molecular weight is 294 g/mol. The molecule has 0 aliphatic carbocycles. The molecule has 1 atom stereocenters. The fourth-order valence-electron chi connectivity index (χ4n) is 1.92. The number of urea groups is 1. The molecule has 1 saturated heterocycles. The summed E-state index contributed by atoms with van der Waals surface area (Å²) in [7, 11) is 1.76. The highest BCUT2D eigenvalue weighted by Gasteiger charge is 2.38. The van der Waals surface area contributed by atoms with Gasteiger partial charge in [0.1, 0.15) is 5.01 Å². The van der Waals surface area contributed by atoms with Crippen LogP contribution in [0.2, 0.25) is 0 Å². The largest absolute Gasteiger partial charge is 0.356 e. The zero-order chi connectivity index (χ0) is 14.5. The molecular weight excluding hydrogens is 276 g/mol. The van der Waals surface area contributed by atoms with E-state index in [0.29, 0.717) is 18.3 Å². The molecule has 1 aliphatic heterocycles. The van der Waals surface area contributed by atoms with Crippen LogP contribution in [0.1, 0.15) is 24.8 Å². The maximum absolute atomic E-state index is 12.1. The number of aryl methyl sites for hydroxylation is 1. The molecule has 0 radical (unpaired) electrons. The van der Waals surface area contributed by atoms with Crippen molar-refractivity contribution >= 4 is 22.5 Å². The minimum Gasteiger partial charge on any atom is -0.356 e. The van der Waals surface area contributed by atoms with Crippen LogP contribution in [0.5, 0.6) is 0 Å². The topological polar surface area (TPSA) is 58.6 Å². The van der Waals surface area contributed by atoms with Crippen molar-refractivity contribution in [1.82, 2.24) is 15.1 Å². The smallest absolute Gasteiger partial charge is 0.328 e. The van der Waals surface area contributed by atoms with Gasteiger partial charge in [0.15, 0.2) is 6.23 Å². The molecular formula is C13H18N4O2S. The number of rotatable bonds is 5. The number of likely N-dealkylation sites (N-methyl/N-ethyl adjacent to an activating group) is 1. The van der Waals surface area contributed by atoms with Crippen molar-refractivity contribution in [2.75, 3.05) is 25.1 Å². The summed E-state index contributed by atoms with van der Waals surface area (Å²) >= 11 is 1.40. The van der Waals surface area contributed by atoms with E-state index in [2.05, 4.69) is 22.0 Å². The summed E-state index contributed by atoms with van der Waals surface area (Å²) in [5.41, 5.74) is 0. The SMILES string of the molecule is CC#CCCCOC1CN(C)C(=O)N1c1nnc(C)s1. The molecule has 20 heavy (non-hydrogen) atoms. The summed E-state index contributed by atoms with van der Waals surface area (Å²) < 4.78 is 5.80. The molecule has 2 rings (SSSR count). The number of carbonyl (C=O) groups is 1. The van der Waals surface area contributed by atoms with Crippen LogP contribution in [0.15, 0.2) is 0 Å². The maximum Gasteiger partial charge on any atom is 0.328 e. The van der Waals surface area contributed by atoms with E-state index in [-0.39, 0.29) is 12.3 Å². The summed E-state index contributed by atoms with van der Waals surface area (Å²) in [6, 6.07) is -0.0977. The summed E-state index contributed by atoms with van der Waals surface area (Å²) in [5, 5.41) is 9.42. The first-order valence-corrected chi connectivity index (χ1v) is 7.30. The van der Waals surface area contributed by atoms with E-state index < -0.39 is 0 Å². The summed E-state index contributed by atoms with van der Waals surface area (Å²) in [4.78, 5) is 15.4. The van der Waals surface area contributed by atoms with Gasteiger partial charge in [-0.05, 0) is 20.3 Å². The van der Waals surface area contributed by atoms with Crippen LogP contribution in [0, 0.1) is 18.8 Å². The van der Waals surface area contributed by atoms with Gasteiger partial charge in [0, 0.05) is 13.5 Å². The van der Waals surface area contributed by atoms with Crippen molar-refractivity contribution in [3.8, 4) is 11.8 Å². The first-order chi connectivity index (χ1) is 9.63. The van der Waals surface area contributed by atoms with Crippen molar-refractivity contribution in [2.45, 2.75) is 32.9 Å². The second kappa shape index (κ2) is 6.68. The number of aromatic nitrogens is 2. The molecule has 1 aromatic rings. The quantitative estimate of drug-likeness (QED) is 0.614. The lowest BCUT2D eigenvalue weighted by Gasteiger charge is -2.19. The van der Waals surface area contributed by atoms with Gasteiger partial charge in [-0.3, -0.25) is 0 Å². The van der Waals surface area contributed by atoms with Crippen LogP contribution in [-0.4, -0.2) is 47.6 Å². The molecule has 108 valence electrons. The monoisotopic (exact) mass is 294 g/mol. The predicted molar refractivity (Wildman–Crippen MR) is 77.6 cm³/mol.